The Labute approximate surface area is 200 Å². The molecule has 0 aliphatic carbocycles. The maximum atomic E-state index is 13.7. The zero-order valence-corrected chi connectivity index (χ0v) is 19.6. The molecular formula is C25H22N2O6S. The molecule has 174 valence electrons. The largest absolute Gasteiger partial charge is 0.503 e. The Balaban J connectivity index is 1.64. The van der Waals surface area contributed by atoms with Gasteiger partial charge in [0, 0.05) is 11.8 Å². The van der Waals surface area contributed by atoms with Crippen molar-refractivity contribution in [3.63, 3.8) is 0 Å². The van der Waals surface area contributed by atoms with Crippen molar-refractivity contribution in [1.29, 1.82) is 0 Å². The van der Waals surface area contributed by atoms with Gasteiger partial charge in [-0.15, -0.1) is 11.3 Å². The summed E-state index contributed by atoms with van der Waals surface area (Å²) in [6.45, 7) is 6.05. The van der Waals surface area contributed by atoms with Gasteiger partial charge in [-0.2, -0.15) is 0 Å². The van der Waals surface area contributed by atoms with Gasteiger partial charge >= 0.3 is 0 Å². The molecule has 5 rings (SSSR count). The minimum Gasteiger partial charge on any atom is -0.503 e. The number of aryl methyl sites for hydroxylation is 2. The lowest BCUT2D eigenvalue weighted by molar-refractivity contribution is -0.117. The summed E-state index contributed by atoms with van der Waals surface area (Å²) in [5.74, 6) is 0.0597. The van der Waals surface area contributed by atoms with E-state index in [1.807, 2.05) is 13.8 Å². The number of thiazole rings is 1. The highest BCUT2D eigenvalue weighted by Crippen LogP contribution is 2.45. The van der Waals surface area contributed by atoms with Crippen LogP contribution in [0.4, 0.5) is 5.69 Å². The van der Waals surface area contributed by atoms with Crippen LogP contribution in [-0.2, 0) is 4.79 Å². The van der Waals surface area contributed by atoms with E-state index in [0.29, 0.717) is 45.7 Å². The first-order valence-electron chi connectivity index (χ1n) is 10.8. The van der Waals surface area contributed by atoms with Crippen molar-refractivity contribution in [2.45, 2.75) is 26.8 Å². The van der Waals surface area contributed by atoms with Crippen LogP contribution in [0.25, 0.3) is 0 Å². The molecule has 8 nitrogen and oxygen atoms in total. The maximum Gasteiger partial charge on any atom is 0.294 e. The second kappa shape index (κ2) is 8.49. The Morgan fingerprint density at radius 2 is 1.91 bits per heavy atom. The summed E-state index contributed by atoms with van der Waals surface area (Å²) in [5.41, 5.74) is 1.70. The highest BCUT2D eigenvalue weighted by Gasteiger charge is 2.45. The van der Waals surface area contributed by atoms with Gasteiger partial charge in [0.15, 0.2) is 17.3 Å². The third kappa shape index (κ3) is 3.58. The molecule has 3 aromatic rings. The van der Waals surface area contributed by atoms with Crippen LogP contribution < -0.4 is 19.1 Å². The van der Waals surface area contributed by atoms with Crippen LogP contribution in [0, 0.1) is 13.8 Å². The number of amides is 1. The number of benzene rings is 2. The fourth-order valence-corrected chi connectivity index (χ4v) is 5.11. The molecule has 1 atom stereocenters. The Morgan fingerprint density at radius 1 is 1.18 bits per heavy atom. The highest BCUT2D eigenvalue weighted by atomic mass is 32.1. The molecule has 34 heavy (non-hydrogen) atoms. The van der Waals surface area contributed by atoms with Gasteiger partial charge in [-0.25, -0.2) is 4.98 Å². The summed E-state index contributed by atoms with van der Waals surface area (Å²) in [5, 5.41) is 11.7. The van der Waals surface area contributed by atoms with Crippen molar-refractivity contribution in [1.82, 2.24) is 4.98 Å². The number of ether oxygens (including phenoxy) is 3. The quantitative estimate of drug-likeness (QED) is 0.514. The average Bonchev–Trinajstić information content (AvgIpc) is 3.50. The van der Waals surface area contributed by atoms with Crippen molar-refractivity contribution in [3.05, 3.63) is 74.9 Å². The molecule has 0 bridgehead atoms. The number of hydrogen-bond donors (Lipinski definition) is 1. The predicted octanol–water partition coefficient (Wildman–Crippen LogP) is 4.67. The topological polar surface area (TPSA) is 98.2 Å². The van der Waals surface area contributed by atoms with E-state index in [1.54, 1.807) is 49.4 Å². The fraction of sp³-hybridized carbons (Fsp3) is 0.240. The first kappa shape index (κ1) is 22.0. The Bertz CT molecular complexity index is 1330. The van der Waals surface area contributed by atoms with Gasteiger partial charge in [-0.1, -0.05) is 12.1 Å². The van der Waals surface area contributed by atoms with E-state index in [9.17, 15) is 14.7 Å². The third-order valence-corrected chi connectivity index (χ3v) is 6.78. The van der Waals surface area contributed by atoms with Crippen molar-refractivity contribution in [3.8, 4) is 17.2 Å². The molecule has 0 saturated carbocycles. The molecule has 9 heteroatoms. The van der Waals surface area contributed by atoms with E-state index in [4.69, 9.17) is 14.2 Å². The van der Waals surface area contributed by atoms with Gasteiger partial charge in [0.25, 0.3) is 5.91 Å². The van der Waals surface area contributed by atoms with Crippen LogP contribution in [0.15, 0.2) is 53.8 Å². The SMILES string of the molecule is CCOc1ccc(C2C(C(=O)c3sc(C)nc3C)=C(O)C(=O)N2c2ccc3c(c2)OCO3)cc1. The molecule has 2 aliphatic rings. The highest BCUT2D eigenvalue weighted by molar-refractivity contribution is 7.14. The number of ketones is 1. The average molecular weight is 479 g/mol. The number of carbonyl (C=O) groups excluding carboxylic acids is 2. The number of hydrogen-bond acceptors (Lipinski definition) is 8. The summed E-state index contributed by atoms with van der Waals surface area (Å²) >= 11 is 1.24. The minimum absolute atomic E-state index is 0.0126. The lowest BCUT2D eigenvalue weighted by Crippen LogP contribution is -2.31. The van der Waals surface area contributed by atoms with Crippen LogP contribution in [0.5, 0.6) is 17.2 Å². The molecule has 1 N–H and O–H groups in total. The van der Waals surface area contributed by atoms with E-state index in [1.165, 1.54) is 16.2 Å². The molecule has 2 aromatic carbocycles. The van der Waals surface area contributed by atoms with Gasteiger partial charge in [-0.3, -0.25) is 14.5 Å². The molecule has 1 unspecified atom stereocenters. The zero-order chi connectivity index (χ0) is 24.0. The van der Waals surface area contributed by atoms with Gasteiger partial charge in [0.2, 0.25) is 12.6 Å². The summed E-state index contributed by atoms with van der Waals surface area (Å²) in [7, 11) is 0. The molecule has 0 radical (unpaired) electrons. The van der Waals surface area contributed by atoms with E-state index < -0.39 is 23.5 Å². The number of nitrogens with zero attached hydrogens (tertiary/aromatic N) is 2. The summed E-state index contributed by atoms with van der Waals surface area (Å²) < 4.78 is 16.4. The Morgan fingerprint density at radius 3 is 2.59 bits per heavy atom. The predicted molar refractivity (Wildman–Crippen MR) is 126 cm³/mol. The van der Waals surface area contributed by atoms with E-state index >= 15 is 0 Å². The first-order chi connectivity index (χ1) is 16.4. The summed E-state index contributed by atoms with van der Waals surface area (Å²) in [6.07, 6.45) is 0. The molecular weight excluding hydrogens is 456 g/mol. The van der Waals surface area contributed by atoms with Crippen LogP contribution in [0.2, 0.25) is 0 Å². The second-order valence-electron chi connectivity index (χ2n) is 7.86. The second-order valence-corrected chi connectivity index (χ2v) is 9.06. The molecule has 0 spiro atoms. The molecule has 0 saturated heterocycles. The number of aliphatic hydroxyl groups is 1. The van der Waals surface area contributed by atoms with Crippen molar-refractivity contribution >= 4 is 28.7 Å². The van der Waals surface area contributed by atoms with Crippen LogP contribution >= 0.6 is 11.3 Å². The number of fused-ring (bicyclic) bond motifs is 1. The van der Waals surface area contributed by atoms with Gasteiger partial charge in [0.1, 0.15) is 5.75 Å². The van der Waals surface area contributed by atoms with Gasteiger partial charge < -0.3 is 19.3 Å². The molecule has 3 heterocycles. The van der Waals surface area contributed by atoms with Crippen molar-refractivity contribution < 1.29 is 28.9 Å². The van der Waals surface area contributed by atoms with Crippen LogP contribution in [0.1, 0.15) is 38.9 Å². The van der Waals surface area contributed by atoms with E-state index in [2.05, 4.69) is 4.98 Å². The summed E-state index contributed by atoms with van der Waals surface area (Å²) in [6, 6.07) is 11.4. The molecule has 2 aliphatic heterocycles. The number of aliphatic hydroxyl groups excluding tert-OH is 1. The number of anilines is 1. The zero-order valence-electron chi connectivity index (χ0n) is 18.8. The van der Waals surface area contributed by atoms with Crippen LogP contribution in [0.3, 0.4) is 0 Å². The standard InChI is InChI=1S/C25H22N2O6S/c1-4-31-17-8-5-15(6-9-17)21-20(22(28)24-13(2)26-14(3)34-24)23(29)25(30)27(21)16-7-10-18-19(11-16)33-12-32-18/h5-11,21,29H,4,12H2,1-3H3. The molecule has 1 aromatic heterocycles. The molecule has 1 amide bonds. The minimum atomic E-state index is -0.849. The number of Topliss-reactive ketones (excluding diaryl/α,β-unsaturated/α-hetero) is 1. The number of aromatic nitrogens is 1. The van der Waals surface area contributed by atoms with Gasteiger partial charge in [0.05, 0.1) is 33.8 Å². The number of carbonyl (C=O) groups is 2. The van der Waals surface area contributed by atoms with E-state index in [0.717, 1.165) is 5.01 Å². The van der Waals surface area contributed by atoms with Crippen molar-refractivity contribution in [2.75, 3.05) is 18.3 Å². The third-order valence-electron chi connectivity index (χ3n) is 5.70. The normalized spacial score (nSPS) is 17.0. The van der Waals surface area contributed by atoms with E-state index in [-0.39, 0.29) is 12.4 Å². The first-order valence-corrected chi connectivity index (χ1v) is 11.6. The summed E-state index contributed by atoms with van der Waals surface area (Å²) in [4.78, 5) is 33.2. The lowest BCUT2D eigenvalue weighted by atomic mass is 9.94. The lowest BCUT2D eigenvalue weighted by Gasteiger charge is -2.27. The maximum absolute atomic E-state index is 13.7. The Kier molecular flexibility index (Phi) is 5.49. The van der Waals surface area contributed by atoms with Crippen LogP contribution in [-0.4, -0.2) is 35.2 Å². The van der Waals surface area contributed by atoms with Gasteiger partial charge in [-0.05, 0) is 50.6 Å². The monoisotopic (exact) mass is 478 g/mol. The Hall–Kier alpha value is -3.85. The number of rotatable bonds is 6. The fourth-order valence-electron chi connectivity index (χ4n) is 4.23. The molecule has 0 fully saturated rings. The van der Waals surface area contributed by atoms with Crippen molar-refractivity contribution in [2.24, 2.45) is 0 Å². The smallest absolute Gasteiger partial charge is 0.294 e.